The topological polar surface area (TPSA) is 158 Å². The normalized spacial score (nSPS) is 18.6. The molecule has 2 aromatic rings. The van der Waals surface area contributed by atoms with E-state index in [2.05, 4.69) is 0 Å². The third-order valence-electron chi connectivity index (χ3n) is 9.78. The van der Waals surface area contributed by atoms with E-state index >= 15 is 0 Å². The highest BCUT2D eigenvalue weighted by atomic mass is 16.6. The molecule has 2 heterocycles. The predicted octanol–water partition coefficient (Wildman–Crippen LogP) is 8.42. The predicted molar refractivity (Wildman–Crippen MR) is 223 cm³/mol. The van der Waals surface area contributed by atoms with Crippen LogP contribution in [-0.2, 0) is 41.4 Å². The van der Waals surface area contributed by atoms with E-state index in [1.807, 2.05) is 119 Å². The number of likely N-dealkylation sites (tertiary alicyclic amines) is 2. The van der Waals surface area contributed by atoms with Gasteiger partial charge in [0.2, 0.25) is 0 Å². The van der Waals surface area contributed by atoms with Gasteiger partial charge in [0.25, 0.3) is 0 Å². The van der Waals surface area contributed by atoms with Crippen LogP contribution >= 0.6 is 0 Å². The number of rotatable bonds is 10. The fourth-order valence-electron chi connectivity index (χ4n) is 7.41. The van der Waals surface area contributed by atoms with Gasteiger partial charge < -0.3 is 34.5 Å². The van der Waals surface area contributed by atoms with Crippen molar-refractivity contribution < 1.29 is 42.9 Å². The van der Waals surface area contributed by atoms with Gasteiger partial charge in [-0.2, -0.15) is 0 Å². The molecule has 2 fully saturated rings. The summed E-state index contributed by atoms with van der Waals surface area (Å²) in [6.07, 6.45) is 0.995. The Morgan fingerprint density at radius 2 is 0.948 bits per heavy atom. The van der Waals surface area contributed by atoms with Gasteiger partial charge in [-0.1, -0.05) is 24.3 Å². The maximum Gasteiger partial charge on any atom is 0.410 e. The van der Waals surface area contributed by atoms with Gasteiger partial charge in [0.1, 0.15) is 22.4 Å². The maximum absolute atomic E-state index is 13.8. The lowest BCUT2D eigenvalue weighted by Crippen LogP contribution is -2.38. The fourth-order valence-corrected chi connectivity index (χ4v) is 7.41. The zero-order valence-electron chi connectivity index (χ0n) is 36.7. The second-order valence-electron chi connectivity index (χ2n) is 19.7. The van der Waals surface area contributed by atoms with E-state index in [0.29, 0.717) is 63.2 Å². The molecule has 0 unspecified atom stereocenters. The van der Waals surface area contributed by atoms with E-state index in [1.165, 1.54) is 4.90 Å². The Kier molecular flexibility index (Phi) is 14.2. The van der Waals surface area contributed by atoms with Gasteiger partial charge in [-0.05, 0) is 156 Å². The van der Waals surface area contributed by atoms with Crippen molar-refractivity contribution in [3.63, 3.8) is 0 Å². The number of hydrogen-bond donors (Lipinski definition) is 1. The second kappa shape index (κ2) is 18.0. The zero-order valence-corrected chi connectivity index (χ0v) is 36.7. The van der Waals surface area contributed by atoms with E-state index in [1.54, 1.807) is 21.9 Å². The summed E-state index contributed by atoms with van der Waals surface area (Å²) in [5.74, 6) is -2.21. The van der Waals surface area contributed by atoms with Crippen molar-refractivity contribution in [2.45, 2.75) is 131 Å². The molecule has 2 aromatic carbocycles. The molecule has 4 atom stereocenters. The number of benzene rings is 2. The molecule has 4 rings (SSSR count). The lowest BCUT2D eigenvalue weighted by Gasteiger charge is -2.29. The summed E-state index contributed by atoms with van der Waals surface area (Å²) in [6, 6.07) is 13.9. The summed E-state index contributed by atoms with van der Waals surface area (Å²) in [5.41, 5.74) is 5.90. The SMILES string of the molecule is CC(C)(C)OC(=O)[C@@H](Cc1cccc(N(C(N)=O)c2cccc(C[C@H](C(=O)OC(C)(C)C)[C@H]3CCN(C(=O)OC(C)(C)C)C3)c2)c1)[C@H]1CCN(C(=O)OC(C)(C)C)C1. The minimum atomic E-state index is -0.716. The molecule has 320 valence electrons. The minimum absolute atomic E-state index is 0.177. The summed E-state index contributed by atoms with van der Waals surface area (Å²) < 4.78 is 23.0. The standard InChI is InChI=1S/C45H66N4O9/c1-42(2,3)55-37(50)35(31-19-21-47(27-31)40(53)57-44(7,8)9)25-29-15-13-17-33(23-29)49(39(46)52)34-18-14-16-30(24-34)26-36(38(51)56-43(4,5)6)32-20-22-48(28-32)41(54)58-45(10,11)12/h13-18,23-24,31-32,35-36H,19-22,25-28H2,1-12H3,(H2,46,52)/t31-,32-,35-,36-/m0/s1. The molecule has 13 heteroatoms. The number of esters is 2. The van der Waals surface area contributed by atoms with Gasteiger partial charge in [-0.3, -0.25) is 14.5 Å². The quantitative estimate of drug-likeness (QED) is 0.184. The van der Waals surface area contributed by atoms with Gasteiger partial charge in [0, 0.05) is 26.2 Å². The Bertz CT molecular complexity index is 1680. The van der Waals surface area contributed by atoms with Crippen LogP contribution in [0.5, 0.6) is 0 Å². The van der Waals surface area contributed by atoms with Crippen molar-refractivity contribution >= 4 is 41.5 Å². The Labute approximate surface area is 344 Å². The molecule has 0 radical (unpaired) electrons. The number of carbonyl (C=O) groups is 5. The van der Waals surface area contributed by atoms with Crippen molar-refractivity contribution in [2.24, 2.45) is 29.4 Å². The molecule has 2 aliphatic rings. The summed E-state index contributed by atoms with van der Waals surface area (Å²) in [6.45, 7) is 23.5. The Morgan fingerprint density at radius 1 is 0.603 bits per heavy atom. The third-order valence-corrected chi connectivity index (χ3v) is 9.78. The van der Waals surface area contributed by atoms with Crippen molar-refractivity contribution in [2.75, 3.05) is 31.1 Å². The van der Waals surface area contributed by atoms with E-state index in [4.69, 9.17) is 24.7 Å². The molecule has 2 aliphatic heterocycles. The van der Waals surface area contributed by atoms with E-state index in [-0.39, 0.29) is 23.8 Å². The maximum atomic E-state index is 13.8. The van der Waals surface area contributed by atoms with Crippen LogP contribution in [0.1, 0.15) is 107 Å². The number of amides is 4. The first-order valence-corrected chi connectivity index (χ1v) is 20.4. The van der Waals surface area contributed by atoms with Crippen LogP contribution in [0, 0.1) is 23.7 Å². The first-order chi connectivity index (χ1) is 26.7. The van der Waals surface area contributed by atoms with Crippen molar-refractivity contribution in [1.29, 1.82) is 0 Å². The van der Waals surface area contributed by atoms with Crippen LogP contribution in [0.4, 0.5) is 25.8 Å². The van der Waals surface area contributed by atoms with Gasteiger partial charge in [-0.15, -0.1) is 0 Å². The number of nitrogens with zero attached hydrogens (tertiary/aromatic N) is 3. The van der Waals surface area contributed by atoms with Crippen LogP contribution in [0.15, 0.2) is 48.5 Å². The van der Waals surface area contributed by atoms with Crippen LogP contribution in [-0.4, -0.2) is 88.5 Å². The van der Waals surface area contributed by atoms with Gasteiger partial charge >= 0.3 is 30.2 Å². The molecule has 0 aliphatic carbocycles. The number of anilines is 2. The summed E-state index contributed by atoms with van der Waals surface area (Å²) >= 11 is 0. The van der Waals surface area contributed by atoms with Crippen LogP contribution < -0.4 is 10.6 Å². The molecular formula is C45H66N4O9. The smallest absolute Gasteiger partial charge is 0.410 e. The number of hydrogen-bond acceptors (Lipinski definition) is 9. The second-order valence-corrected chi connectivity index (χ2v) is 19.7. The highest BCUT2D eigenvalue weighted by Gasteiger charge is 2.41. The number of carbonyl (C=O) groups excluding carboxylic acids is 5. The van der Waals surface area contributed by atoms with E-state index in [0.717, 1.165) is 11.1 Å². The fraction of sp³-hybridized carbons (Fsp3) is 0.622. The highest BCUT2D eigenvalue weighted by molar-refractivity contribution is 5.98. The average molecular weight is 807 g/mol. The number of ether oxygens (including phenoxy) is 4. The van der Waals surface area contributed by atoms with Crippen LogP contribution in [0.3, 0.4) is 0 Å². The lowest BCUT2D eigenvalue weighted by molar-refractivity contribution is -0.163. The monoisotopic (exact) mass is 806 g/mol. The van der Waals surface area contributed by atoms with Crippen LogP contribution in [0.2, 0.25) is 0 Å². The Hall–Kier alpha value is -4.81. The van der Waals surface area contributed by atoms with Gasteiger partial charge in [-0.25, -0.2) is 14.4 Å². The molecule has 0 spiro atoms. The molecule has 4 amide bonds. The first-order valence-electron chi connectivity index (χ1n) is 20.4. The van der Waals surface area contributed by atoms with E-state index < -0.39 is 52.5 Å². The lowest BCUT2D eigenvalue weighted by atomic mass is 9.85. The Balaban J connectivity index is 1.60. The zero-order chi connectivity index (χ0) is 43.4. The third kappa shape index (κ3) is 13.7. The minimum Gasteiger partial charge on any atom is -0.460 e. The molecule has 58 heavy (non-hydrogen) atoms. The number of urea groups is 1. The molecule has 0 bridgehead atoms. The van der Waals surface area contributed by atoms with Crippen molar-refractivity contribution in [3.8, 4) is 0 Å². The highest BCUT2D eigenvalue weighted by Crippen LogP contribution is 2.35. The van der Waals surface area contributed by atoms with Crippen molar-refractivity contribution in [3.05, 3.63) is 59.7 Å². The van der Waals surface area contributed by atoms with Gasteiger partial charge in [0.05, 0.1) is 23.2 Å². The average Bonchev–Trinajstić information content (AvgIpc) is 3.75. The number of nitrogens with two attached hydrogens (primary N) is 1. The molecule has 2 saturated heterocycles. The molecule has 2 N–H and O–H groups in total. The molecular weight excluding hydrogens is 741 g/mol. The van der Waals surface area contributed by atoms with Crippen molar-refractivity contribution in [1.82, 2.24) is 9.80 Å². The largest absolute Gasteiger partial charge is 0.460 e. The van der Waals surface area contributed by atoms with Crippen LogP contribution in [0.25, 0.3) is 0 Å². The summed E-state index contributed by atoms with van der Waals surface area (Å²) in [7, 11) is 0. The van der Waals surface area contributed by atoms with E-state index in [9.17, 15) is 24.0 Å². The molecule has 0 aromatic heterocycles. The van der Waals surface area contributed by atoms with Gasteiger partial charge in [0.15, 0.2) is 0 Å². The molecule has 13 nitrogen and oxygen atoms in total. The summed E-state index contributed by atoms with van der Waals surface area (Å²) in [5, 5.41) is 0. The Morgan fingerprint density at radius 3 is 1.26 bits per heavy atom. The molecule has 0 saturated carbocycles. The summed E-state index contributed by atoms with van der Waals surface area (Å²) in [4.78, 5) is 71.2. The number of primary amides is 1. The first kappa shape index (κ1) is 45.9.